The zero-order valence-corrected chi connectivity index (χ0v) is 15.7. The van der Waals surface area contributed by atoms with Gasteiger partial charge >= 0.3 is 29.6 Å². The number of halogens is 1. The third kappa shape index (κ3) is 2.73. The first-order valence-corrected chi connectivity index (χ1v) is 7.98. The van der Waals surface area contributed by atoms with Gasteiger partial charge in [0.2, 0.25) is 0 Å². The molecule has 106 valence electrons. The minimum atomic E-state index is -4.72. The summed E-state index contributed by atoms with van der Waals surface area (Å²) >= 11 is 3.07. The molecule has 0 fully saturated rings. The molecule has 0 bridgehead atoms. The van der Waals surface area contributed by atoms with Crippen molar-refractivity contribution in [2.45, 2.75) is 4.90 Å². The topological polar surface area (TPSA) is 91.3 Å². The largest absolute Gasteiger partial charge is 1.00 e. The summed E-state index contributed by atoms with van der Waals surface area (Å²) in [4.78, 5) is 24.3. The maximum absolute atomic E-state index is 12.4. The number of benzene rings is 2. The van der Waals surface area contributed by atoms with Crippen LogP contribution in [0.1, 0.15) is 31.8 Å². The predicted molar refractivity (Wildman–Crippen MR) is 75.4 cm³/mol. The monoisotopic (exact) mass is 388 g/mol. The van der Waals surface area contributed by atoms with E-state index in [1.807, 2.05) is 0 Å². The SMILES string of the molecule is O=C1c2ccccc2C(=O)c2c(Br)cc(S(=O)(=O)[O-])cc21.[Na+]. The second-order valence-electron chi connectivity index (χ2n) is 4.49. The van der Waals surface area contributed by atoms with Crippen LogP contribution in [0.4, 0.5) is 0 Å². The van der Waals surface area contributed by atoms with E-state index >= 15 is 0 Å². The Morgan fingerprint density at radius 1 is 0.909 bits per heavy atom. The van der Waals surface area contributed by atoms with Crippen molar-refractivity contribution in [2.75, 3.05) is 0 Å². The molecule has 1 aliphatic rings. The Labute approximate surface area is 156 Å². The molecule has 0 saturated carbocycles. The zero-order valence-electron chi connectivity index (χ0n) is 11.3. The van der Waals surface area contributed by atoms with Gasteiger partial charge in [-0.1, -0.05) is 24.3 Å². The first-order valence-electron chi connectivity index (χ1n) is 5.78. The fraction of sp³-hybridized carbons (Fsp3) is 0. The van der Waals surface area contributed by atoms with E-state index < -0.39 is 20.8 Å². The van der Waals surface area contributed by atoms with Crippen LogP contribution >= 0.6 is 15.9 Å². The van der Waals surface area contributed by atoms with Gasteiger partial charge < -0.3 is 4.55 Å². The van der Waals surface area contributed by atoms with Crippen LogP contribution in [0.5, 0.6) is 0 Å². The van der Waals surface area contributed by atoms with Gasteiger partial charge in [0, 0.05) is 26.7 Å². The Kier molecular flexibility index (Phi) is 4.77. The summed E-state index contributed by atoms with van der Waals surface area (Å²) < 4.78 is 33.5. The van der Waals surface area contributed by atoms with E-state index in [1.165, 1.54) is 12.1 Å². The van der Waals surface area contributed by atoms with Crippen LogP contribution in [-0.2, 0) is 10.1 Å². The molecule has 2 aromatic carbocycles. The normalized spacial score (nSPS) is 13.2. The number of carbonyl (C=O) groups is 2. The summed E-state index contributed by atoms with van der Waals surface area (Å²) in [7, 11) is -4.72. The van der Waals surface area contributed by atoms with E-state index in [0.717, 1.165) is 12.1 Å². The molecule has 5 nitrogen and oxygen atoms in total. The van der Waals surface area contributed by atoms with Gasteiger partial charge in [-0.2, -0.15) is 0 Å². The van der Waals surface area contributed by atoms with E-state index in [-0.39, 0.29) is 62.1 Å². The van der Waals surface area contributed by atoms with Crippen molar-refractivity contribution in [3.8, 4) is 0 Å². The van der Waals surface area contributed by atoms with E-state index in [9.17, 15) is 22.6 Å². The Balaban J connectivity index is 0.00000176. The van der Waals surface area contributed by atoms with Crippen molar-refractivity contribution in [3.05, 3.63) is 63.1 Å². The van der Waals surface area contributed by atoms with Crippen LogP contribution in [0.15, 0.2) is 45.8 Å². The maximum atomic E-state index is 12.4. The standard InChI is InChI=1S/C14H7BrO5S.Na/c15-11-6-7(21(18,19)20)5-10-12(11)14(17)9-4-2-1-3-8(9)13(10)16;/h1-6H,(H,18,19,20);/q;+1/p-1. The van der Waals surface area contributed by atoms with Crippen LogP contribution in [0.25, 0.3) is 0 Å². The minimum Gasteiger partial charge on any atom is -0.744 e. The Bertz CT molecular complexity index is 921. The fourth-order valence-corrected chi connectivity index (χ4v) is 3.61. The molecule has 0 amide bonds. The summed E-state index contributed by atoms with van der Waals surface area (Å²) in [6, 6.07) is 8.27. The summed E-state index contributed by atoms with van der Waals surface area (Å²) in [5.41, 5.74) is 0.448. The Morgan fingerprint density at radius 3 is 2.00 bits per heavy atom. The van der Waals surface area contributed by atoms with Gasteiger partial charge in [0.15, 0.2) is 11.6 Å². The summed E-state index contributed by atoms with van der Waals surface area (Å²) in [6.07, 6.45) is 0. The second-order valence-corrected chi connectivity index (χ2v) is 6.72. The Hall–Kier alpha value is -0.830. The van der Waals surface area contributed by atoms with E-state index in [1.54, 1.807) is 12.1 Å². The molecule has 0 aromatic heterocycles. The average molecular weight is 389 g/mol. The molecule has 8 heteroatoms. The van der Waals surface area contributed by atoms with Gasteiger partial charge in [0.1, 0.15) is 10.1 Å². The van der Waals surface area contributed by atoms with Gasteiger partial charge in [0.25, 0.3) is 0 Å². The number of carbonyl (C=O) groups excluding carboxylic acids is 2. The van der Waals surface area contributed by atoms with Crippen LogP contribution in [-0.4, -0.2) is 24.5 Å². The second kappa shape index (κ2) is 5.99. The maximum Gasteiger partial charge on any atom is 1.00 e. The van der Waals surface area contributed by atoms with Gasteiger partial charge in [-0.25, -0.2) is 8.42 Å². The molecule has 2 aromatic rings. The van der Waals surface area contributed by atoms with Crippen LogP contribution in [0.3, 0.4) is 0 Å². The summed E-state index contributed by atoms with van der Waals surface area (Å²) in [6.45, 7) is 0. The molecule has 0 N–H and O–H groups in total. The summed E-state index contributed by atoms with van der Waals surface area (Å²) in [5.74, 6) is -0.867. The number of hydrogen-bond donors (Lipinski definition) is 0. The molecule has 0 unspecified atom stereocenters. The molecule has 3 rings (SSSR count). The molecule has 0 atom stereocenters. The van der Waals surface area contributed by atoms with Crippen LogP contribution in [0.2, 0.25) is 0 Å². The zero-order chi connectivity index (χ0) is 15.4. The molecule has 0 radical (unpaired) electrons. The van der Waals surface area contributed by atoms with Gasteiger partial charge in [-0.3, -0.25) is 9.59 Å². The van der Waals surface area contributed by atoms with Crippen molar-refractivity contribution in [3.63, 3.8) is 0 Å². The van der Waals surface area contributed by atoms with Crippen molar-refractivity contribution >= 4 is 37.6 Å². The van der Waals surface area contributed by atoms with Crippen LogP contribution in [0, 0.1) is 0 Å². The van der Waals surface area contributed by atoms with Crippen LogP contribution < -0.4 is 29.6 Å². The van der Waals surface area contributed by atoms with Crippen molar-refractivity contribution in [2.24, 2.45) is 0 Å². The Morgan fingerprint density at radius 2 is 1.45 bits per heavy atom. The average Bonchev–Trinajstić information content (AvgIpc) is 2.43. The van der Waals surface area contributed by atoms with Gasteiger partial charge in [-0.15, -0.1) is 0 Å². The number of hydrogen-bond acceptors (Lipinski definition) is 5. The third-order valence-corrected chi connectivity index (χ3v) is 4.68. The first kappa shape index (κ1) is 17.5. The van der Waals surface area contributed by atoms with Crippen molar-refractivity contribution in [1.29, 1.82) is 0 Å². The number of rotatable bonds is 1. The minimum absolute atomic E-state index is 0. The molecular formula is C14H6BrNaO5S. The quantitative estimate of drug-likeness (QED) is 0.399. The first-order chi connectivity index (χ1) is 9.80. The number of fused-ring (bicyclic) bond motifs is 2. The predicted octanol–water partition coefficient (Wildman–Crippen LogP) is -0.867. The summed E-state index contributed by atoms with van der Waals surface area (Å²) in [5, 5.41) is 0. The van der Waals surface area contributed by atoms with E-state index in [2.05, 4.69) is 15.9 Å². The molecule has 22 heavy (non-hydrogen) atoms. The smallest absolute Gasteiger partial charge is 0.744 e. The van der Waals surface area contributed by atoms with Crippen molar-refractivity contribution < 1.29 is 52.1 Å². The van der Waals surface area contributed by atoms with Crippen molar-refractivity contribution in [1.82, 2.24) is 0 Å². The third-order valence-electron chi connectivity index (χ3n) is 3.24. The van der Waals surface area contributed by atoms with E-state index in [4.69, 9.17) is 0 Å². The molecule has 0 spiro atoms. The molecule has 0 heterocycles. The molecule has 0 aliphatic heterocycles. The van der Waals surface area contributed by atoms with Gasteiger partial charge in [0.05, 0.1) is 4.90 Å². The number of ketones is 2. The molecule has 0 saturated heterocycles. The van der Waals surface area contributed by atoms with Gasteiger partial charge in [-0.05, 0) is 28.1 Å². The fourth-order valence-electron chi connectivity index (χ4n) is 2.29. The molecule has 1 aliphatic carbocycles. The van der Waals surface area contributed by atoms with E-state index in [0.29, 0.717) is 0 Å². The molecular weight excluding hydrogens is 383 g/mol.